The zero-order valence-corrected chi connectivity index (χ0v) is 15.5. The molecule has 0 aromatic heterocycles. The van der Waals surface area contributed by atoms with Gasteiger partial charge in [-0.05, 0) is 57.6 Å². The summed E-state index contributed by atoms with van der Waals surface area (Å²) >= 11 is 11.2. The molecule has 130 valence electrons. The third-order valence-corrected chi connectivity index (χ3v) is 3.79. The molecule has 1 aromatic rings. The van der Waals surface area contributed by atoms with Gasteiger partial charge in [-0.3, -0.25) is 20.4 Å². The number of thiocarbonyl (C=S) groups is 1. The molecule has 24 heavy (non-hydrogen) atoms. The lowest BCUT2D eigenvalue weighted by Crippen LogP contribution is -2.52. The molecule has 3 N–H and O–H groups in total. The maximum absolute atomic E-state index is 12.5. The van der Waals surface area contributed by atoms with E-state index >= 15 is 0 Å². The Labute approximate surface area is 151 Å². The van der Waals surface area contributed by atoms with Crippen LogP contribution in [0.15, 0.2) is 18.2 Å². The van der Waals surface area contributed by atoms with Crippen molar-refractivity contribution >= 4 is 46.4 Å². The highest BCUT2D eigenvalue weighted by atomic mass is 35.5. The Kier molecular flexibility index (Phi) is 5.66. The molecule has 0 saturated carbocycles. The van der Waals surface area contributed by atoms with Crippen molar-refractivity contribution in [2.24, 2.45) is 0 Å². The summed E-state index contributed by atoms with van der Waals surface area (Å²) in [6, 6.07) is 4.85. The number of nitrogens with one attached hydrogen (secondary N) is 3. The quantitative estimate of drug-likeness (QED) is 0.552. The molecule has 8 heteroatoms. The second kappa shape index (κ2) is 7.36. The van der Waals surface area contributed by atoms with Crippen LogP contribution < -0.4 is 21.1 Å². The van der Waals surface area contributed by atoms with Gasteiger partial charge in [-0.25, -0.2) is 0 Å². The van der Waals surface area contributed by atoms with Crippen LogP contribution in [-0.4, -0.2) is 29.0 Å². The van der Waals surface area contributed by atoms with E-state index in [1.807, 2.05) is 20.8 Å². The number of nitrogens with zero attached hydrogens (tertiary/aromatic N) is 1. The summed E-state index contributed by atoms with van der Waals surface area (Å²) in [4.78, 5) is 26.0. The van der Waals surface area contributed by atoms with Crippen molar-refractivity contribution in [3.63, 3.8) is 0 Å². The maximum Gasteiger partial charge on any atom is 0.271 e. The van der Waals surface area contributed by atoms with Crippen LogP contribution in [0.25, 0.3) is 0 Å². The monoisotopic (exact) mass is 368 g/mol. The molecule has 6 nitrogen and oxygen atoms in total. The molecule has 2 rings (SSSR count). The Hall–Kier alpha value is -1.86. The highest BCUT2D eigenvalue weighted by Crippen LogP contribution is 2.28. The Morgan fingerprint density at radius 1 is 1.29 bits per heavy atom. The van der Waals surface area contributed by atoms with E-state index in [0.29, 0.717) is 34.4 Å². The fraction of sp³-hybridized carbons (Fsp3) is 0.438. The minimum Gasteiger partial charge on any atom is -0.357 e. The van der Waals surface area contributed by atoms with Gasteiger partial charge >= 0.3 is 0 Å². The fourth-order valence-electron chi connectivity index (χ4n) is 2.38. The van der Waals surface area contributed by atoms with E-state index in [1.54, 1.807) is 23.1 Å². The van der Waals surface area contributed by atoms with Crippen molar-refractivity contribution in [2.45, 2.75) is 39.2 Å². The minimum atomic E-state index is -0.389. The first-order valence-corrected chi connectivity index (χ1v) is 8.44. The number of rotatable bonds is 2. The van der Waals surface area contributed by atoms with Crippen LogP contribution in [-0.2, 0) is 4.79 Å². The van der Waals surface area contributed by atoms with Gasteiger partial charge in [-0.1, -0.05) is 11.6 Å². The van der Waals surface area contributed by atoms with Crippen molar-refractivity contribution in [1.29, 1.82) is 0 Å². The van der Waals surface area contributed by atoms with Crippen molar-refractivity contribution < 1.29 is 9.59 Å². The minimum absolute atomic E-state index is 0.0100. The van der Waals surface area contributed by atoms with Gasteiger partial charge in [-0.2, -0.15) is 0 Å². The normalized spacial score (nSPS) is 14.5. The Bertz CT molecular complexity index is 673. The molecule has 1 heterocycles. The van der Waals surface area contributed by atoms with Crippen LogP contribution in [0.1, 0.15) is 44.0 Å². The average molecular weight is 369 g/mol. The second-order valence-electron chi connectivity index (χ2n) is 6.59. The zero-order valence-electron chi connectivity index (χ0n) is 13.9. The molecule has 0 unspecified atom stereocenters. The number of benzene rings is 1. The zero-order chi connectivity index (χ0) is 17.9. The topological polar surface area (TPSA) is 73.5 Å². The van der Waals surface area contributed by atoms with Crippen molar-refractivity contribution in [2.75, 3.05) is 11.4 Å². The van der Waals surface area contributed by atoms with Crippen LogP contribution >= 0.6 is 23.8 Å². The van der Waals surface area contributed by atoms with Crippen LogP contribution in [0.4, 0.5) is 5.69 Å². The maximum atomic E-state index is 12.5. The van der Waals surface area contributed by atoms with Crippen LogP contribution in [0.2, 0.25) is 5.02 Å². The first-order chi connectivity index (χ1) is 11.2. The van der Waals surface area contributed by atoms with E-state index in [9.17, 15) is 9.59 Å². The molecule has 0 atom stereocenters. The molecule has 1 saturated heterocycles. The highest BCUT2D eigenvalue weighted by Gasteiger charge is 2.26. The summed E-state index contributed by atoms with van der Waals surface area (Å²) in [7, 11) is 0. The van der Waals surface area contributed by atoms with Gasteiger partial charge in [0.1, 0.15) is 0 Å². The number of carbonyl (C=O) groups is 2. The predicted octanol–water partition coefficient (Wildman–Crippen LogP) is 2.37. The summed E-state index contributed by atoms with van der Waals surface area (Å²) in [5, 5.41) is 3.81. The number of anilines is 1. The van der Waals surface area contributed by atoms with E-state index in [0.717, 1.165) is 6.42 Å². The third-order valence-electron chi connectivity index (χ3n) is 3.35. The fourth-order valence-corrected chi connectivity index (χ4v) is 2.90. The van der Waals surface area contributed by atoms with Crippen LogP contribution in [0.5, 0.6) is 0 Å². The molecule has 1 aromatic carbocycles. The number of carbonyl (C=O) groups excluding carboxylic acids is 2. The second-order valence-corrected chi connectivity index (χ2v) is 7.44. The van der Waals surface area contributed by atoms with Gasteiger partial charge in [0.25, 0.3) is 5.91 Å². The molecule has 1 fully saturated rings. The van der Waals surface area contributed by atoms with Gasteiger partial charge in [0.15, 0.2) is 5.11 Å². The molecule has 1 aliphatic heterocycles. The molecule has 0 aliphatic carbocycles. The molecule has 1 aliphatic rings. The summed E-state index contributed by atoms with van der Waals surface area (Å²) in [5.74, 6) is -0.399. The molecular weight excluding hydrogens is 348 g/mol. The van der Waals surface area contributed by atoms with Gasteiger partial charge in [-0.15, -0.1) is 0 Å². The molecule has 0 bridgehead atoms. The van der Waals surface area contributed by atoms with Gasteiger partial charge in [0, 0.05) is 23.5 Å². The van der Waals surface area contributed by atoms with Gasteiger partial charge in [0.2, 0.25) is 5.91 Å². The summed E-state index contributed by atoms with van der Waals surface area (Å²) in [6.45, 7) is 6.45. The van der Waals surface area contributed by atoms with E-state index in [-0.39, 0.29) is 17.4 Å². The summed E-state index contributed by atoms with van der Waals surface area (Å²) < 4.78 is 0. The summed E-state index contributed by atoms with van der Waals surface area (Å²) in [6.07, 6.45) is 1.25. The van der Waals surface area contributed by atoms with E-state index in [2.05, 4.69) is 16.2 Å². The first kappa shape index (κ1) is 18.5. The smallest absolute Gasteiger partial charge is 0.271 e. The van der Waals surface area contributed by atoms with Crippen molar-refractivity contribution in [3.05, 3.63) is 28.8 Å². The lowest BCUT2D eigenvalue weighted by atomic mass is 10.1. The summed E-state index contributed by atoms with van der Waals surface area (Å²) in [5.41, 5.74) is 5.87. The predicted molar refractivity (Wildman–Crippen MR) is 99.1 cm³/mol. The first-order valence-electron chi connectivity index (χ1n) is 7.66. The van der Waals surface area contributed by atoms with Crippen molar-refractivity contribution in [1.82, 2.24) is 16.2 Å². The van der Waals surface area contributed by atoms with E-state index < -0.39 is 0 Å². The number of hydrogen-bond donors (Lipinski definition) is 3. The Morgan fingerprint density at radius 3 is 2.58 bits per heavy atom. The largest absolute Gasteiger partial charge is 0.357 e. The number of hydrazine groups is 1. The third kappa shape index (κ3) is 4.82. The van der Waals surface area contributed by atoms with Gasteiger partial charge < -0.3 is 10.2 Å². The Morgan fingerprint density at radius 2 is 2.00 bits per heavy atom. The number of halogens is 1. The van der Waals surface area contributed by atoms with Crippen LogP contribution in [0, 0.1) is 0 Å². The SMILES string of the molecule is CC(C)(C)NC(=S)NNC(=O)c1ccc(Cl)cc1N1CCCC1=O. The molecule has 2 amide bonds. The molecule has 0 radical (unpaired) electrons. The van der Waals surface area contributed by atoms with E-state index in [4.69, 9.17) is 23.8 Å². The molecule has 0 spiro atoms. The van der Waals surface area contributed by atoms with Crippen LogP contribution in [0.3, 0.4) is 0 Å². The molecular formula is C16H21ClN4O2S. The Balaban J connectivity index is 2.12. The highest BCUT2D eigenvalue weighted by molar-refractivity contribution is 7.80. The number of hydrogen-bond acceptors (Lipinski definition) is 3. The lowest BCUT2D eigenvalue weighted by Gasteiger charge is -2.24. The standard InChI is InChI=1S/C16H21ClN4O2S/c1-16(2,3)18-15(24)20-19-14(23)11-7-6-10(17)9-12(11)21-8-4-5-13(21)22/h6-7,9H,4-5,8H2,1-3H3,(H,19,23)(H2,18,20,24). The average Bonchev–Trinajstić information content (AvgIpc) is 2.89. The van der Waals surface area contributed by atoms with E-state index in [1.165, 1.54) is 0 Å². The lowest BCUT2D eigenvalue weighted by molar-refractivity contribution is -0.117. The van der Waals surface area contributed by atoms with Gasteiger partial charge in [0.05, 0.1) is 11.3 Å². The van der Waals surface area contributed by atoms with Crippen molar-refractivity contribution in [3.8, 4) is 0 Å². The number of amides is 2.